The Labute approximate surface area is 121 Å². The van der Waals surface area contributed by atoms with Crippen LogP contribution in [0.25, 0.3) is 0 Å². The highest BCUT2D eigenvalue weighted by Crippen LogP contribution is 2.25. The Morgan fingerprint density at radius 1 is 1.20 bits per heavy atom. The van der Waals surface area contributed by atoms with E-state index in [1.165, 1.54) is 0 Å². The van der Waals surface area contributed by atoms with Crippen molar-refractivity contribution in [3.63, 3.8) is 0 Å². The molecule has 0 aliphatic carbocycles. The van der Waals surface area contributed by atoms with Crippen molar-refractivity contribution in [3.05, 3.63) is 29.8 Å². The van der Waals surface area contributed by atoms with Gasteiger partial charge in [-0.2, -0.15) is 8.42 Å². The molecule has 1 atom stereocenters. The van der Waals surface area contributed by atoms with Crippen LogP contribution >= 0.6 is 0 Å². The molecule has 20 heavy (non-hydrogen) atoms. The minimum atomic E-state index is -3.66. The molecule has 2 rings (SSSR count). The van der Waals surface area contributed by atoms with Gasteiger partial charge in [-0.05, 0) is 46.2 Å². The van der Waals surface area contributed by atoms with E-state index in [9.17, 15) is 8.42 Å². The van der Waals surface area contributed by atoms with E-state index >= 15 is 0 Å². The van der Waals surface area contributed by atoms with Crippen LogP contribution in [0.2, 0.25) is 0 Å². The van der Waals surface area contributed by atoms with Crippen LogP contribution in [0.5, 0.6) is 0 Å². The van der Waals surface area contributed by atoms with Crippen LogP contribution in [0.3, 0.4) is 0 Å². The van der Waals surface area contributed by atoms with Gasteiger partial charge in [0, 0.05) is 18.6 Å². The molecule has 1 aromatic carbocycles. The molecule has 1 aliphatic heterocycles. The van der Waals surface area contributed by atoms with Gasteiger partial charge >= 0.3 is 0 Å². The Morgan fingerprint density at radius 2 is 1.80 bits per heavy atom. The highest BCUT2D eigenvalue weighted by Gasteiger charge is 2.33. The number of hydrogen-bond acceptors (Lipinski definition) is 4. The molecule has 1 saturated heterocycles. The SMILES string of the molecule is Cc1ccc(S(=O)(=O)OC2CCN(C(C)(C)C)C2)cc1. The zero-order valence-corrected chi connectivity index (χ0v) is 13.4. The van der Waals surface area contributed by atoms with Crippen LogP contribution in [0, 0.1) is 6.92 Å². The van der Waals surface area contributed by atoms with Gasteiger partial charge < -0.3 is 0 Å². The topological polar surface area (TPSA) is 46.6 Å². The Bertz CT molecular complexity index is 558. The van der Waals surface area contributed by atoms with Gasteiger partial charge in [0.15, 0.2) is 0 Å². The second-order valence-electron chi connectivity index (χ2n) is 6.39. The van der Waals surface area contributed by atoms with Gasteiger partial charge in [0.1, 0.15) is 0 Å². The Kier molecular flexibility index (Phi) is 4.23. The summed E-state index contributed by atoms with van der Waals surface area (Å²) in [6.07, 6.45) is 0.503. The first kappa shape index (κ1) is 15.5. The number of aryl methyl sites for hydroxylation is 1. The van der Waals surface area contributed by atoms with Crippen molar-refractivity contribution in [1.29, 1.82) is 0 Å². The zero-order valence-electron chi connectivity index (χ0n) is 12.6. The lowest BCUT2D eigenvalue weighted by Gasteiger charge is -2.31. The summed E-state index contributed by atoms with van der Waals surface area (Å²) in [6.45, 7) is 9.85. The Morgan fingerprint density at radius 3 is 2.30 bits per heavy atom. The first-order valence-corrected chi connectivity index (χ1v) is 8.34. The molecule has 0 saturated carbocycles. The molecule has 0 spiro atoms. The van der Waals surface area contributed by atoms with Crippen molar-refractivity contribution in [3.8, 4) is 0 Å². The fourth-order valence-corrected chi connectivity index (χ4v) is 3.45. The van der Waals surface area contributed by atoms with E-state index in [0.29, 0.717) is 6.54 Å². The van der Waals surface area contributed by atoms with E-state index in [1.807, 2.05) is 6.92 Å². The summed E-state index contributed by atoms with van der Waals surface area (Å²) in [6, 6.07) is 6.76. The molecule has 1 fully saturated rings. The van der Waals surface area contributed by atoms with Gasteiger partial charge in [0.2, 0.25) is 0 Å². The summed E-state index contributed by atoms with van der Waals surface area (Å²) in [5, 5.41) is 0. The van der Waals surface area contributed by atoms with Crippen LogP contribution in [-0.4, -0.2) is 38.1 Å². The molecular formula is C15H23NO3S. The van der Waals surface area contributed by atoms with Crippen LogP contribution in [0.4, 0.5) is 0 Å². The normalized spacial score (nSPS) is 21.3. The Hall–Kier alpha value is -0.910. The van der Waals surface area contributed by atoms with Crippen molar-refractivity contribution < 1.29 is 12.6 Å². The Balaban J connectivity index is 2.05. The molecule has 1 heterocycles. The number of hydrogen-bond donors (Lipinski definition) is 0. The summed E-state index contributed by atoms with van der Waals surface area (Å²) >= 11 is 0. The first-order valence-electron chi connectivity index (χ1n) is 6.93. The molecule has 0 amide bonds. The van der Waals surface area contributed by atoms with Crippen molar-refractivity contribution in [2.24, 2.45) is 0 Å². The van der Waals surface area contributed by atoms with Crippen LogP contribution < -0.4 is 0 Å². The second-order valence-corrected chi connectivity index (χ2v) is 7.96. The predicted octanol–water partition coefficient (Wildman–Crippen LogP) is 2.57. The number of likely N-dealkylation sites (tertiary alicyclic amines) is 1. The van der Waals surface area contributed by atoms with Crippen molar-refractivity contribution in [1.82, 2.24) is 4.90 Å². The molecule has 1 unspecified atom stereocenters. The van der Waals surface area contributed by atoms with Gasteiger partial charge in [-0.1, -0.05) is 17.7 Å². The van der Waals surface area contributed by atoms with Gasteiger partial charge in [-0.25, -0.2) is 0 Å². The maximum absolute atomic E-state index is 12.2. The van der Waals surface area contributed by atoms with Crippen molar-refractivity contribution >= 4 is 10.1 Å². The standard InChI is InChI=1S/C15H23NO3S/c1-12-5-7-14(8-6-12)20(17,18)19-13-9-10-16(11-13)15(2,3)4/h5-8,13H,9-11H2,1-4H3. The summed E-state index contributed by atoms with van der Waals surface area (Å²) in [4.78, 5) is 2.49. The average Bonchev–Trinajstić information content (AvgIpc) is 2.77. The molecule has 0 aromatic heterocycles. The van der Waals surface area contributed by atoms with E-state index in [4.69, 9.17) is 4.18 Å². The lowest BCUT2D eigenvalue weighted by Crippen LogP contribution is -2.40. The fraction of sp³-hybridized carbons (Fsp3) is 0.600. The van der Waals surface area contributed by atoms with Crippen molar-refractivity contribution in [2.75, 3.05) is 13.1 Å². The van der Waals surface area contributed by atoms with E-state index in [1.54, 1.807) is 24.3 Å². The van der Waals surface area contributed by atoms with Gasteiger partial charge in [0.25, 0.3) is 10.1 Å². The minimum Gasteiger partial charge on any atom is -0.296 e. The molecule has 1 aliphatic rings. The second kappa shape index (κ2) is 5.47. The molecule has 1 aromatic rings. The average molecular weight is 297 g/mol. The smallest absolute Gasteiger partial charge is 0.296 e. The lowest BCUT2D eigenvalue weighted by atomic mass is 10.1. The molecule has 4 nitrogen and oxygen atoms in total. The van der Waals surface area contributed by atoms with Gasteiger partial charge in [0.05, 0.1) is 11.0 Å². The maximum atomic E-state index is 12.2. The molecule has 0 bridgehead atoms. The van der Waals surface area contributed by atoms with Gasteiger partial charge in [-0.3, -0.25) is 9.08 Å². The lowest BCUT2D eigenvalue weighted by molar-refractivity contribution is 0.143. The zero-order chi connectivity index (χ0) is 15.0. The molecule has 5 heteroatoms. The largest absolute Gasteiger partial charge is 0.297 e. The molecule has 0 N–H and O–H groups in total. The quantitative estimate of drug-likeness (QED) is 0.805. The fourth-order valence-electron chi connectivity index (χ4n) is 2.36. The van der Waals surface area contributed by atoms with Gasteiger partial charge in [-0.15, -0.1) is 0 Å². The first-order chi connectivity index (χ1) is 9.18. The van der Waals surface area contributed by atoms with E-state index in [0.717, 1.165) is 18.5 Å². The maximum Gasteiger partial charge on any atom is 0.297 e. The minimum absolute atomic E-state index is 0.0474. The molecule has 0 radical (unpaired) electrons. The molecule has 112 valence electrons. The van der Waals surface area contributed by atoms with Crippen LogP contribution in [0.15, 0.2) is 29.2 Å². The summed E-state index contributed by atoms with van der Waals surface area (Å²) in [7, 11) is -3.66. The van der Waals surface area contributed by atoms with E-state index in [2.05, 4.69) is 25.7 Å². The highest BCUT2D eigenvalue weighted by atomic mass is 32.2. The highest BCUT2D eigenvalue weighted by molar-refractivity contribution is 7.86. The van der Waals surface area contributed by atoms with Crippen LogP contribution in [-0.2, 0) is 14.3 Å². The van der Waals surface area contributed by atoms with Crippen LogP contribution in [0.1, 0.15) is 32.8 Å². The monoisotopic (exact) mass is 297 g/mol. The van der Waals surface area contributed by atoms with Crippen molar-refractivity contribution in [2.45, 2.75) is 50.7 Å². The van der Waals surface area contributed by atoms with E-state index in [-0.39, 0.29) is 16.5 Å². The summed E-state index contributed by atoms with van der Waals surface area (Å²) in [5.41, 5.74) is 1.08. The van der Waals surface area contributed by atoms with E-state index < -0.39 is 10.1 Å². The number of benzene rings is 1. The summed E-state index contributed by atoms with van der Waals surface area (Å²) < 4.78 is 29.8. The third-order valence-electron chi connectivity index (χ3n) is 3.67. The third-order valence-corrected chi connectivity index (χ3v) is 5.04. The summed E-state index contributed by atoms with van der Waals surface area (Å²) in [5.74, 6) is 0. The third kappa shape index (κ3) is 3.59. The molecular weight excluding hydrogens is 274 g/mol. The predicted molar refractivity (Wildman–Crippen MR) is 79.2 cm³/mol. The number of rotatable bonds is 3. The number of nitrogens with zero attached hydrogens (tertiary/aromatic N) is 1.